The fourth-order valence-electron chi connectivity index (χ4n) is 3.87. The molecule has 1 aromatic carbocycles. The summed E-state index contributed by atoms with van der Waals surface area (Å²) in [5, 5.41) is 3.09. The molecule has 1 N–H and O–H groups in total. The van der Waals surface area contributed by atoms with Crippen molar-refractivity contribution in [1.82, 2.24) is 10.2 Å². The topological polar surface area (TPSA) is 32.3 Å². The summed E-state index contributed by atoms with van der Waals surface area (Å²) < 4.78 is 13.4. The first-order valence-electron chi connectivity index (χ1n) is 8.50. The van der Waals surface area contributed by atoms with Crippen LogP contribution >= 0.6 is 0 Å². The van der Waals surface area contributed by atoms with Gasteiger partial charge >= 0.3 is 0 Å². The van der Waals surface area contributed by atoms with Crippen molar-refractivity contribution in [3.05, 3.63) is 35.6 Å². The van der Waals surface area contributed by atoms with Crippen molar-refractivity contribution in [1.29, 1.82) is 0 Å². The predicted octanol–water partition coefficient (Wildman–Crippen LogP) is 3.10. The van der Waals surface area contributed by atoms with Gasteiger partial charge in [-0.05, 0) is 49.9 Å². The third-order valence-corrected chi connectivity index (χ3v) is 4.98. The van der Waals surface area contributed by atoms with E-state index in [1.165, 1.54) is 6.07 Å². The number of carbonyl (C=O) groups excluding carboxylic acids is 1. The van der Waals surface area contributed by atoms with E-state index in [2.05, 4.69) is 10.2 Å². The number of benzene rings is 1. The first-order chi connectivity index (χ1) is 10.7. The van der Waals surface area contributed by atoms with Crippen molar-refractivity contribution in [3.63, 3.8) is 0 Å². The number of hydrogen-bond acceptors (Lipinski definition) is 2. The summed E-state index contributed by atoms with van der Waals surface area (Å²) in [5.74, 6) is 0.139. The van der Waals surface area contributed by atoms with Gasteiger partial charge in [0.1, 0.15) is 5.82 Å². The largest absolute Gasteiger partial charge is 0.356 e. The van der Waals surface area contributed by atoms with E-state index in [0.717, 1.165) is 63.7 Å². The molecule has 1 heterocycles. The lowest BCUT2D eigenvalue weighted by Gasteiger charge is -2.33. The standard InChI is InChI=1S/C18H25FN2O/c19-15-7-4-6-14(12-15)13-21-11-3-1-2-10-20-18(22)16-8-5-9-17(16)21/h4,6-7,12,16-17H,1-3,5,8-11,13H2,(H,20,22). The highest BCUT2D eigenvalue weighted by Gasteiger charge is 2.36. The number of fused-ring (bicyclic) bond motifs is 1. The Morgan fingerprint density at radius 2 is 2.09 bits per heavy atom. The molecule has 0 radical (unpaired) electrons. The Morgan fingerprint density at radius 1 is 1.18 bits per heavy atom. The highest BCUT2D eigenvalue weighted by molar-refractivity contribution is 5.79. The number of nitrogens with one attached hydrogen (secondary N) is 1. The Bertz CT molecular complexity index is 520. The minimum Gasteiger partial charge on any atom is -0.356 e. The minimum absolute atomic E-state index is 0.103. The van der Waals surface area contributed by atoms with Crippen LogP contribution in [0, 0.1) is 11.7 Å². The Hall–Kier alpha value is -1.42. The van der Waals surface area contributed by atoms with Gasteiger partial charge in [-0.1, -0.05) is 25.0 Å². The smallest absolute Gasteiger partial charge is 0.224 e. The molecule has 3 nitrogen and oxygen atoms in total. The summed E-state index contributed by atoms with van der Waals surface area (Å²) in [6.45, 7) is 2.56. The first-order valence-corrected chi connectivity index (χ1v) is 8.50. The first kappa shape index (κ1) is 15.5. The zero-order valence-electron chi connectivity index (χ0n) is 13.1. The van der Waals surface area contributed by atoms with Crippen LogP contribution < -0.4 is 5.32 Å². The van der Waals surface area contributed by atoms with Crippen LogP contribution in [0.25, 0.3) is 0 Å². The molecule has 2 fully saturated rings. The maximum atomic E-state index is 13.4. The molecule has 0 spiro atoms. The van der Waals surface area contributed by atoms with Gasteiger partial charge in [-0.2, -0.15) is 0 Å². The van der Waals surface area contributed by atoms with Gasteiger partial charge in [0, 0.05) is 19.1 Å². The van der Waals surface area contributed by atoms with E-state index in [9.17, 15) is 9.18 Å². The second-order valence-corrected chi connectivity index (χ2v) is 6.56. The van der Waals surface area contributed by atoms with Crippen LogP contribution in [-0.2, 0) is 11.3 Å². The molecule has 2 atom stereocenters. The normalized spacial score (nSPS) is 27.2. The summed E-state index contributed by atoms with van der Waals surface area (Å²) in [6, 6.07) is 7.15. The fourth-order valence-corrected chi connectivity index (χ4v) is 3.87. The second-order valence-electron chi connectivity index (χ2n) is 6.56. The van der Waals surface area contributed by atoms with Crippen LogP contribution in [0.5, 0.6) is 0 Å². The predicted molar refractivity (Wildman–Crippen MR) is 84.8 cm³/mol. The van der Waals surface area contributed by atoms with Crippen LogP contribution in [0.1, 0.15) is 44.1 Å². The van der Waals surface area contributed by atoms with Crippen LogP contribution in [0.4, 0.5) is 4.39 Å². The van der Waals surface area contributed by atoms with Crippen molar-refractivity contribution >= 4 is 5.91 Å². The maximum absolute atomic E-state index is 13.4. The fraction of sp³-hybridized carbons (Fsp3) is 0.611. The Labute approximate surface area is 131 Å². The molecule has 1 saturated heterocycles. The molecule has 22 heavy (non-hydrogen) atoms. The molecule has 120 valence electrons. The Balaban J connectivity index is 1.77. The molecule has 2 unspecified atom stereocenters. The average molecular weight is 304 g/mol. The lowest BCUT2D eigenvalue weighted by molar-refractivity contribution is -0.126. The van der Waals surface area contributed by atoms with Crippen LogP contribution in [0.2, 0.25) is 0 Å². The number of amides is 1. The summed E-state index contributed by atoms with van der Waals surface area (Å²) in [4.78, 5) is 14.8. The zero-order chi connectivity index (χ0) is 15.4. The van der Waals surface area contributed by atoms with Gasteiger partial charge in [-0.25, -0.2) is 4.39 Å². The van der Waals surface area contributed by atoms with Crippen molar-refractivity contribution in [2.24, 2.45) is 5.92 Å². The van der Waals surface area contributed by atoms with E-state index < -0.39 is 0 Å². The summed E-state index contributed by atoms with van der Waals surface area (Å²) in [7, 11) is 0. The zero-order valence-corrected chi connectivity index (χ0v) is 13.1. The Kier molecular flexibility index (Phi) is 5.08. The van der Waals surface area contributed by atoms with Crippen LogP contribution in [0.15, 0.2) is 24.3 Å². The molecule has 2 aliphatic rings. The summed E-state index contributed by atoms with van der Waals surface area (Å²) in [6.07, 6.45) is 6.51. The van der Waals surface area contributed by atoms with E-state index in [-0.39, 0.29) is 17.6 Å². The van der Waals surface area contributed by atoms with Gasteiger partial charge in [0.15, 0.2) is 0 Å². The molecule has 1 aromatic rings. The molecule has 1 aliphatic heterocycles. The highest BCUT2D eigenvalue weighted by Crippen LogP contribution is 2.32. The van der Waals surface area contributed by atoms with Gasteiger partial charge in [-0.3, -0.25) is 9.69 Å². The number of nitrogens with zero attached hydrogens (tertiary/aromatic N) is 1. The maximum Gasteiger partial charge on any atom is 0.224 e. The number of hydrogen-bond donors (Lipinski definition) is 1. The van der Waals surface area contributed by atoms with Crippen molar-refractivity contribution < 1.29 is 9.18 Å². The lowest BCUT2D eigenvalue weighted by Crippen LogP contribution is -2.45. The van der Waals surface area contributed by atoms with Crippen molar-refractivity contribution in [2.75, 3.05) is 13.1 Å². The minimum atomic E-state index is -0.181. The Morgan fingerprint density at radius 3 is 2.95 bits per heavy atom. The van der Waals surface area contributed by atoms with E-state index >= 15 is 0 Å². The summed E-state index contributed by atoms with van der Waals surface area (Å²) in [5.41, 5.74) is 1.00. The van der Waals surface area contributed by atoms with Crippen molar-refractivity contribution in [3.8, 4) is 0 Å². The van der Waals surface area contributed by atoms with E-state index in [4.69, 9.17) is 0 Å². The third-order valence-electron chi connectivity index (χ3n) is 4.98. The van der Waals surface area contributed by atoms with Crippen LogP contribution in [0.3, 0.4) is 0 Å². The monoisotopic (exact) mass is 304 g/mol. The molecule has 1 aliphatic carbocycles. The quantitative estimate of drug-likeness (QED) is 0.910. The third kappa shape index (κ3) is 3.67. The van der Waals surface area contributed by atoms with Gasteiger partial charge in [-0.15, -0.1) is 0 Å². The molecule has 4 heteroatoms. The van der Waals surface area contributed by atoms with Gasteiger partial charge in [0.05, 0.1) is 5.92 Å². The molecular formula is C18H25FN2O. The van der Waals surface area contributed by atoms with Gasteiger partial charge in [0.25, 0.3) is 0 Å². The lowest BCUT2D eigenvalue weighted by atomic mass is 9.98. The van der Waals surface area contributed by atoms with Gasteiger partial charge in [0.2, 0.25) is 5.91 Å². The highest BCUT2D eigenvalue weighted by atomic mass is 19.1. The van der Waals surface area contributed by atoms with Crippen molar-refractivity contribution in [2.45, 2.75) is 51.1 Å². The number of carbonyl (C=O) groups is 1. The molecule has 0 aromatic heterocycles. The molecule has 1 saturated carbocycles. The van der Waals surface area contributed by atoms with E-state index in [1.54, 1.807) is 12.1 Å². The molecule has 3 rings (SSSR count). The average Bonchev–Trinajstić information content (AvgIpc) is 2.98. The summed E-state index contributed by atoms with van der Waals surface area (Å²) >= 11 is 0. The second kappa shape index (κ2) is 7.23. The number of rotatable bonds is 2. The van der Waals surface area contributed by atoms with Crippen LogP contribution in [-0.4, -0.2) is 29.9 Å². The molecule has 1 amide bonds. The SMILES string of the molecule is O=C1NCCCCCN(Cc2cccc(F)c2)C2CCCC12. The van der Waals surface area contributed by atoms with Gasteiger partial charge < -0.3 is 5.32 Å². The number of halogens is 1. The van der Waals surface area contributed by atoms with E-state index in [1.807, 2.05) is 6.07 Å². The molecular weight excluding hydrogens is 279 g/mol. The molecule has 0 bridgehead atoms. The van der Waals surface area contributed by atoms with E-state index in [0.29, 0.717) is 6.04 Å².